The number of halogens is 3. The van der Waals surface area contributed by atoms with Gasteiger partial charge in [0.05, 0.1) is 0 Å². The Morgan fingerprint density at radius 1 is 1.08 bits per heavy atom. The highest BCUT2D eigenvalue weighted by molar-refractivity contribution is 6.30. The molecule has 0 fully saturated rings. The van der Waals surface area contributed by atoms with E-state index in [0.29, 0.717) is 21.7 Å². The van der Waals surface area contributed by atoms with Crippen LogP contribution < -0.4 is 11.1 Å². The normalized spacial score (nSPS) is 12.7. The Morgan fingerprint density at radius 2 is 1.79 bits per heavy atom. The number of aryl methyl sites for hydroxylation is 1. The fourth-order valence-electron chi connectivity index (χ4n) is 4.18. The van der Waals surface area contributed by atoms with Crippen molar-refractivity contribution in [2.75, 3.05) is 0 Å². The number of hydrogen-bond donors (Lipinski definition) is 4. The van der Waals surface area contributed by atoms with Crippen molar-refractivity contribution >= 4 is 23.5 Å². The molecule has 0 radical (unpaired) electrons. The Labute approximate surface area is 222 Å². The molecule has 0 bridgehead atoms. The van der Waals surface area contributed by atoms with Crippen LogP contribution in [0.2, 0.25) is 5.02 Å². The zero-order chi connectivity index (χ0) is 27.4. The summed E-state index contributed by atoms with van der Waals surface area (Å²) < 4.78 is 29.4. The number of nitrogens with one attached hydrogen (secondary N) is 2. The highest BCUT2D eigenvalue weighted by Gasteiger charge is 2.26. The summed E-state index contributed by atoms with van der Waals surface area (Å²) in [6.45, 7) is 1.80. The molecule has 7 nitrogen and oxygen atoms in total. The highest BCUT2D eigenvalue weighted by Crippen LogP contribution is 2.27. The van der Waals surface area contributed by atoms with Crippen molar-refractivity contribution in [1.29, 1.82) is 0 Å². The lowest BCUT2D eigenvalue weighted by Crippen LogP contribution is -2.43. The number of carbonyl (C=O) groups excluding carboxylic acids is 1. The van der Waals surface area contributed by atoms with Gasteiger partial charge >= 0.3 is 5.97 Å². The molecule has 2 atom stereocenters. The minimum absolute atomic E-state index is 0.0101. The molecule has 1 heterocycles. The van der Waals surface area contributed by atoms with E-state index in [1.807, 2.05) is 6.07 Å². The minimum atomic E-state index is -1.26. The third kappa shape index (κ3) is 6.07. The molecule has 196 valence electrons. The molecule has 10 heteroatoms. The average Bonchev–Trinajstić information content (AvgIpc) is 3.27. The maximum absolute atomic E-state index is 15.2. The first-order chi connectivity index (χ1) is 18.1. The van der Waals surface area contributed by atoms with Crippen LogP contribution in [0.1, 0.15) is 28.0 Å². The molecule has 0 aliphatic carbocycles. The van der Waals surface area contributed by atoms with E-state index >= 15 is 4.39 Å². The van der Waals surface area contributed by atoms with Gasteiger partial charge in [0.25, 0.3) is 5.91 Å². The number of benzene rings is 3. The monoisotopic (exact) mass is 538 g/mol. The first kappa shape index (κ1) is 27.0. The quantitative estimate of drug-likeness (QED) is 0.235. The number of aromatic nitrogens is 2. The van der Waals surface area contributed by atoms with E-state index in [4.69, 9.17) is 17.3 Å². The molecule has 1 amide bonds. The van der Waals surface area contributed by atoms with Crippen LogP contribution in [0.15, 0.2) is 66.7 Å². The molecule has 0 aliphatic rings. The number of nitrogens with zero attached hydrogens (tertiary/aromatic N) is 1. The number of carbonyl (C=O) groups is 2. The van der Waals surface area contributed by atoms with Gasteiger partial charge in [0.1, 0.15) is 17.6 Å². The van der Waals surface area contributed by atoms with Gasteiger partial charge in [-0.05, 0) is 54.7 Å². The third-order valence-corrected chi connectivity index (χ3v) is 6.44. The summed E-state index contributed by atoms with van der Waals surface area (Å²) >= 11 is 5.99. The first-order valence-electron chi connectivity index (χ1n) is 11.8. The lowest BCUT2D eigenvalue weighted by molar-refractivity contribution is -0.138. The van der Waals surface area contributed by atoms with Gasteiger partial charge in [0, 0.05) is 22.2 Å². The largest absolute Gasteiger partial charge is 0.480 e. The highest BCUT2D eigenvalue weighted by atomic mass is 35.5. The Balaban J connectivity index is 1.55. The molecule has 3 aromatic carbocycles. The Kier molecular flexibility index (Phi) is 8.19. The zero-order valence-corrected chi connectivity index (χ0v) is 21.1. The van der Waals surface area contributed by atoms with Crippen LogP contribution in [0, 0.1) is 18.6 Å². The Bertz CT molecular complexity index is 1470. The van der Waals surface area contributed by atoms with Crippen LogP contribution in [0.4, 0.5) is 8.78 Å². The number of nitrogens with two attached hydrogens (primary N) is 1. The van der Waals surface area contributed by atoms with E-state index in [1.165, 1.54) is 18.2 Å². The molecule has 0 unspecified atom stereocenters. The molecule has 4 rings (SSSR count). The second-order valence-corrected chi connectivity index (χ2v) is 9.39. The Morgan fingerprint density at radius 3 is 2.47 bits per heavy atom. The smallest absolute Gasteiger partial charge is 0.320 e. The number of aromatic amines is 1. The minimum Gasteiger partial charge on any atom is -0.480 e. The van der Waals surface area contributed by atoms with Crippen LogP contribution >= 0.6 is 11.6 Å². The molecule has 1 aromatic heterocycles. The fraction of sp³-hybridized carbons (Fsp3) is 0.179. The van der Waals surface area contributed by atoms with Gasteiger partial charge in [-0.2, -0.15) is 5.10 Å². The van der Waals surface area contributed by atoms with Crippen molar-refractivity contribution in [3.05, 3.63) is 100 Å². The molecule has 4 aromatic rings. The van der Waals surface area contributed by atoms with E-state index in [-0.39, 0.29) is 24.2 Å². The standard InChI is InChI=1S/C28H25ClF2N4O3/c1-15-4-2-3-5-20(15)25-24(31)26(35-34-25)27(36)33-19(14-23(32)28(37)38)12-16-6-8-17(9-7-16)21-13-18(29)10-11-22(21)30/h2-11,13,19,23H,12,14,32H2,1H3,(H,33,36)(H,34,35)(H,37,38)/t19-,23-/m1/s1. The molecular weight excluding hydrogens is 514 g/mol. The van der Waals surface area contributed by atoms with E-state index in [2.05, 4.69) is 15.5 Å². The number of carboxylic acids is 1. The van der Waals surface area contributed by atoms with Crippen LogP contribution in [0.5, 0.6) is 0 Å². The number of amides is 1. The molecule has 38 heavy (non-hydrogen) atoms. The van der Waals surface area contributed by atoms with Gasteiger partial charge in [-0.15, -0.1) is 0 Å². The molecule has 0 spiro atoms. The molecule has 0 saturated carbocycles. The summed E-state index contributed by atoms with van der Waals surface area (Å²) in [6, 6.07) is 16.2. The number of hydrogen-bond acceptors (Lipinski definition) is 4. The second kappa shape index (κ2) is 11.5. The van der Waals surface area contributed by atoms with Gasteiger partial charge in [-0.1, -0.05) is 60.1 Å². The summed E-state index contributed by atoms with van der Waals surface area (Å²) in [5, 5.41) is 18.8. The topological polar surface area (TPSA) is 121 Å². The predicted octanol–water partition coefficient (Wildman–Crippen LogP) is 5.13. The maximum Gasteiger partial charge on any atom is 0.320 e. The fourth-order valence-corrected chi connectivity index (χ4v) is 4.35. The van der Waals surface area contributed by atoms with E-state index in [0.717, 1.165) is 11.1 Å². The number of carboxylic acid groups (broad SMARTS) is 1. The summed E-state index contributed by atoms with van der Waals surface area (Å²) in [6.07, 6.45) is 0.0948. The van der Waals surface area contributed by atoms with Gasteiger partial charge in [0.2, 0.25) is 0 Å². The van der Waals surface area contributed by atoms with Gasteiger partial charge in [0.15, 0.2) is 11.5 Å². The lowest BCUT2D eigenvalue weighted by atomic mass is 9.97. The second-order valence-electron chi connectivity index (χ2n) is 8.95. The van der Waals surface area contributed by atoms with Crippen molar-refractivity contribution in [2.45, 2.75) is 31.8 Å². The summed E-state index contributed by atoms with van der Waals surface area (Å²) in [5.41, 5.74) is 8.37. The van der Waals surface area contributed by atoms with E-state index < -0.39 is 35.6 Å². The molecule has 0 aliphatic heterocycles. The van der Waals surface area contributed by atoms with Crippen LogP contribution in [-0.4, -0.2) is 39.3 Å². The van der Waals surface area contributed by atoms with Crippen molar-refractivity contribution in [3.8, 4) is 22.4 Å². The maximum atomic E-state index is 15.2. The summed E-state index contributed by atoms with van der Waals surface area (Å²) in [7, 11) is 0. The van der Waals surface area contributed by atoms with E-state index in [9.17, 15) is 19.1 Å². The van der Waals surface area contributed by atoms with E-state index in [1.54, 1.807) is 49.4 Å². The van der Waals surface area contributed by atoms with Gasteiger partial charge < -0.3 is 16.2 Å². The van der Waals surface area contributed by atoms with Crippen molar-refractivity contribution in [2.24, 2.45) is 5.73 Å². The Hall–Kier alpha value is -4.08. The van der Waals surface area contributed by atoms with Crippen LogP contribution in [0.25, 0.3) is 22.4 Å². The predicted molar refractivity (Wildman–Crippen MR) is 141 cm³/mol. The van der Waals surface area contributed by atoms with Gasteiger partial charge in [-0.25, -0.2) is 8.78 Å². The number of aliphatic carboxylic acids is 1. The van der Waals surface area contributed by atoms with Gasteiger partial charge in [-0.3, -0.25) is 14.7 Å². The van der Waals surface area contributed by atoms with Crippen molar-refractivity contribution in [1.82, 2.24) is 15.5 Å². The van der Waals surface area contributed by atoms with Crippen LogP contribution in [-0.2, 0) is 11.2 Å². The average molecular weight is 539 g/mol. The summed E-state index contributed by atoms with van der Waals surface area (Å²) in [4.78, 5) is 24.4. The lowest BCUT2D eigenvalue weighted by Gasteiger charge is -2.21. The molecular formula is C28H25ClF2N4O3. The SMILES string of the molecule is Cc1ccccc1-c1n[nH]c(C(=O)N[C@H](Cc2ccc(-c3cc(Cl)ccc3F)cc2)C[C@@H](N)C(=O)O)c1F. The van der Waals surface area contributed by atoms with Crippen LogP contribution in [0.3, 0.4) is 0 Å². The molecule has 0 saturated heterocycles. The van der Waals surface area contributed by atoms with Crippen molar-refractivity contribution in [3.63, 3.8) is 0 Å². The summed E-state index contributed by atoms with van der Waals surface area (Å²) in [5.74, 6) is -3.25. The zero-order valence-electron chi connectivity index (χ0n) is 20.3. The number of rotatable bonds is 9. The first-order valence-corrected chi connectivity index (χ1v) is 12.1. The number of H-pyrrole nitrogens is 1. The molecule has 5 N–H and O–H groups in total. The van der Waals surface area contributed by atoms with Crippen molar-refractivity contribution < 1.29 is 23.5 Å². The third-order valence-electron chi connectivity index (χ3n) is 6.20.